The Bertz CT molecular complexity index is 133. The molecule has 0 spiro atoms. The Kier molecular flexibility index (Phi) is 12.4. The van der Waals surface area contributed by atoms with Crippen LogP contribution in [0, 0.1) is 0 Å². The van der Waals surface area contributed by atoms with E-state index in [-0.39, 0.29) is 51.4 Å². The zero-order valence-electron chi connectivity index (χ0n) is 6.24. The van der Waals surface area contributed by atoms with Gasteiger partial charge in [-0.3, -0.25) is 0 Å². The van der Waals surface area contributed by atoms with Crippen molar-refractivity contribution in [3.8, 4) is 0 Å². The summed E-state index contributed by atoms with van der Waals surface area (Å²) in [4.78, 5) is 8.94. The van der Waals surface area contributed by atoms with Crippen molar-refractivity contribution in [2.75, 3.05) is 12.4 Å². The fraction of sp³-hybridized carbons (Fsp3) is 1.00. The zero-order chi connectivity index (χ0) is 8.04. The molecule has 0 aromatic heterocycles. The third-order valence-electron chi connectivity index (χ3n) is 0.751. The van der Waals surface area contributed by atoms with E-state index in [9.17, 15) is 4.57 Å². The Hall–Kier alpha value is 2.14. The van der Waals surface area contributed by atoms with E-state index in [1.54, 1.807) is 6.92 Å². The molecule has 3 nitrogen and oxygen atoms in total. The molecule has 0 aliphatic rings. The maximum atomic E-state index is 10.9. The van der Waals surface area contributed by atoms with Crippen molar-refractivity contribution >= 4 is 69.6 Å². The first-order chi connectivity index (χ1) is 4.62. The monoisotopic (exact) mass is 224 g/mol. The Morgan fingerprint density at radius 1 is 1.55 bits per heavy atom. The fourth-order valence-corrected chi connectivity index (χ4v) is 3.00. The summed E-state index contributed by atoms with van der Waals surface area (Å²) < 4.78 is 15.5. The Morgan fingerprint density at radius 3 is 2.45 bits per heavy atom. The molecule has 0 aromatic carbocycles. The standard InChI is InChI=1S/C5H13O3PS.K.H/c1-3-5-10-9(6,7)8-4-2;;/h3-5H2,1-2H3,(H,6,7);;. The first kappa shape index (κ1) is 15.6. The van der Waals surface area contributed by atoms with Gasteiger partial charge in [-0.05, 0) is 24.7 Å². The van der Waals surface area contributed by atoms with Crippen LogP contribution in [0.15, 0.2) is 0 Å². The topological polar surface area (TPSA) is 46.5 Å². The van der Waals surface area contributed by atoms with Gasteiger partial charge in [0, 0.05) is 5.75 Å². The maximum absolute atomic E-state index is 10.9. The van der Waals surface area contributed by atoms with E-state index < -0.39 is 6.80 Å². The fourth-order valence-electron chi connectivity index (χ4n) is 0.407. The van der Waals surface area contributed by atoms with Gasteiger partial charge in [-0.1, -0.05) is 6.92 Å². The molecule has 6 heteroatoms. The van der Waals surface area contributed by atoms with E-state index in [0.717, 1.165) is 17.8 Å². The second-order valence-electron chi connectivity index (χ2n) is 1.72. The minimum absolute atomic E-state index is 0. The number of hydrogen-bond donors (Lipinski definition) is 1. The van der Waals surface area contributed by atoms with Gasteiger partial charge in [0.1, 0.15) is 0 Å². The van der Waals surface area contributed by atoms with Crippen molar-refractivity contribution in [3.05, 3.63) is 0 Å². The normalized spacial score (nSPS) is 15.2. The van der Waals surface area contributed by atoms with E-state index in [0.29, 0.717) is 12.4 Å². The van der Waals surface area contributed by atoms with Crippen LogP contribution in [-0.2, 0) is 9.09 Å². The van der Waals surface area contributed by atoms with Crippen LogP contribution in [0.2, 0.25) is 0 Å². The Balaban J connectivity index is 0. The zero-order valence-corrected chi connectivity index (χ0v) is 7.95. The average molecular weight is 224 g/mol. The van der Waals surface area contributed by atoms with Crippen LogP contribution in [0.25, 0.3) is 0 Å². The second kappa shape index (κ2) is 8.72. The summed E-state index contributed by atoms with van der Waals surface area (Å²) in [7, 11) is 0. The van der Waals surface area contributed by atoms with Gasteiger partial charge in [0.25, 0.3) is 0 Å². The molecule has 0 aromatic rings. The van der Waals surface area contributed by atoms with Gasteiger partial charge in [0.15, 0.2) is 0 Å². The van der Waals surface area contributed by atoms with Gasteiger partial charge in [0.2, 0.25) is 0 Å². The minimum atomic E-state index is -3.29. The van der Waals surface area contributed by atoms with Crippen molar-refractivity contribution in [1.82, 2.24) is 0 Å². The summed E-state index contributed by atoms with van der Waals surface area (Å²) in [6, 6.07) is 0. The summed E-state index contributed by atoms with van der Waals surface area (Å²) in [6.07, 6.45) is 0.891. The van der Waals surface area contributed by atoms with Crippen LogP contribution in [0.4, 0.5) is 0 Å². The quantitative estimate of drug-likeness (QED) is 0.569. The summed E-state index contributed by atoms with van der Waals surface area (Å²) in [5.74, 6) is 0.674. The predicted octanol–water partition coefficient (Wildman–Crippen LogP) is 1.62. The molecule has 1 unspecified atom stereocenters. The van der Waals surface area contributed by atoms with E-state index in [1.807, 2.05) is 6.92 Å². The Labute approximate surface area is 114 Å². The molecule has 0 aliphatic carbocycles. The summed E-state index contributed by atoms with van der Waals surface area (Å²) in [5, 5.41) is 0. The SMILES string of the molecule is CCCSP(=O)(O)OCC.[KH]. The second-order valence-corrected chi connectivity index (χ2v) is 5.74. The third kappa shape index (κ3) is 10.1. The van der Waals surface area contributed by atoms with Crippen LogP contribution >= 0.6 is 18.2 Å². The van der Waals surface area contributed by atoms with Crippen molar-refractivity contribution in [3.63, 3.8) is 0 Å². The van der Waals surface area contributed by atoms with Crippen LogP contribution < -0.4 is 0 Å². The first-order valence-electron chi connectivity index (χ1n) is 3.24. The predicted molar refractivity (Wildman–Crippen MR) is 51.3 cm³/mol. The third-order valence-corrected chi connectivity index (χ3v) is 4.10. The van der Waals surface area contributed by atoms with Crippen molar-refractivity contribution in [2.45, 2.75) is 20.3 Å². The van der Waals surface area contributed by atoms with E-state index in [4.69, 9.17) is 4.89 Å². The molecule has 0 rings (SSSR count). The van der Waals surface area contributed by atoms with E-state index in [1.165, 1.54) is 0 Å². The molecule has 0 amide bonds. The molecule has 0 fully saturated rings. The van der Waals surface area contributed by atoms with Crippen molar-refractivity contribution < 1.29 is 14.0 Å². The molecular weight excluding hydrogens is 210 g/mol. The molecule has 0 aliphatic heterocycles. The number of hydrogen-bond acceptors (Lipinski definition) is 3. The van der Waals surface area contributed by atoms with Gasteiger partial charge in [-0.25, -0.2) is 4.57 Å². The Morgan fingerprint density at radius 2 is 2.09 bits per heavy atom. The van der Waals surface area contributed by atoms with Crippen LogP contribution in [0.3, 0.4) is 0 Å². The summed E-state index contributed by atoms with van der Waals surface area (Å²) in [5.41, 5.74) is 0. The van der Waals surface area contributed by atoms with E-state index >= 15 is 0 Å². The summed E-state index contributed by atoms with van der Waals surface area (Å²) in [6.45, 7) is 0.665. The molecule has 1 atom stereocenters. The van der Waals surface area contributed by atoms with Gasteiger partial charge < -0.3 is 9.42 Å². The van der Waals surface area contributed by atoms with Crippen LogP contribution in [0.5, 0.6) is 0 Å². The molecule has 0 saturated heterocycles. The molecule has 11 heavy (non-hydrogen) atoms. The van der Waals surface area contributed by atoms with E-state index in [2.05, 4.69) is 4.52 Å². The summed E-state index contributed by atoms with van der Waals surface area (Å²) >= 11 is 0.992. The van der Waals surface area contributed by atoms with Crippen LogP contribution in [0.1, 0.15) is 20.3 Å². The van der Waals surface area contributed by atoms with Gasteiger partial charge >= 0.3 is 58.2 Å². The molecule has 0 saturated carbocycles. The molecule has 64 valence electrons. The molecule has 0 radical (unpaired) electrons. The van der Waals surface area contributed by atoms with Crippen LogP contribution in [-0.4, -0.2) is 68.6 Å². The van der Waals surface area contributed by atoms with Gasteiger partial charge in [-0.15, -0.1) is 0 Å². The molecule has 1 N–H and O–H groups in total. The molecule has 0 heterocycles. The van der Waals surface area contributed by atoms with Crippen molar-refractivity contribution in [2.24, 2.45) is 0 Å². The molecular formula is C5H14KO3PS. The van der Waals surface area contributed by atoms with Gasteiger partial charge in [-0.2, -0.15) is 0 Å². The first-order valence-corrected chi connectivity index (χ1v) is 6.41. The van der Waals surface area contributed by atoms with Crippen molar-refractivity contribution in [1.29, 1.82) is 0 Å². The number of rotatable bonds is 5. The molecule has 0 bridgehead atoms. The van der Waals surface area contributed by atoms with Gasteiger partial charge in [0.05, 0.1) is 6.61 Å². The average Bonchev–Trinajstić information content (AvgIpc) is 1.84.